The first-order chi connectivity index (χ1) is 14.1. The zero-order valence-corrected chi connectivity index (χ0v) is 18.4. The summed E-state index contributed by atoms with van der Waals surface area (Å²) >= 11 is 0. The minimum atomic E-state index is -1.31. The van der Waals surface area contributed by atoms with Gasteiger partial charge in [-0.15, -0.1) is 0 Å². The molecule has 1 aliphatic heterocycles. The van der Waals surface area contributed by atoms with Gasteiger partial charge in [-0.05, 0) is 6.42 Å². The second kappa shape index (κ2) is 17.0. The molecule has 0 bridgehead atoms. The number of unbranched alkanes of at least 4 members (excludes halogenated alkanes) is 14. The fourth-order valence-corrected chi connectivity index (χ4v) is 3.79. The molecule has 0 amide bonds. The molecule has 0 radical (unpaired) electrons. The van der Waals surface area contributed by atoms with E-state index in [1.807, 2.05) is 0 Å². The molecule has 0 saturated carbocycles. The predicted molar refractivity (Wildman–Crippen MR) is 113 cm³/mol. The van der Waals surface area contributed by atoms with Gasteiger partial charge in [0.1, 0.15) is 18.3 Å². The Balaban J connectivity index is 1.86. The SMILES string of the molecule is CCCCCCCCCCCCCCCCCC(=O)OC1O[C@H](CO)[C@@H](O)[C@H]1O. The summed E-state index contributed by atoms with van der Waals surface area (Å²) in [6.45, 7) is 1.83. The highest BCUT2D eigenvalue weighted by molar-refractivity contribution is 5.69. The summed E-state index contributed by atoms with van der Waals surface area (Å²) in [5.74, 6) is -0.436. The maximum Gasteiger partial charge on any atom is 0.308 e. The normalized spacial score (nSPS) is 24.1. The van der Waals surface area contributed by atoms with Gasteiger partial charge in [-0.25, -0.2) is 0 Å². The molecule has 0 spiro atoms. The van der Waals surface area contributed by atoms with Gasteiger partial charge < -0.3 is 24.8 Å². The van der Waals surface area contributed by atoms with Gasteiger partial charge in [0.05, 0.1) is 6.61 Å². The van der Waals surface area contributed by atoms with Gasteiger partial charge >= 0.3 is 5.97 Å². The van der Waals surface area contributed by atoms with Crippen LogP contribution in [0, 0.1) is 0 Å². The second-order valence-corrected chi connectivity index (χ2v) is 8.40. The van der Waals surface area contributed by atoms with Crippen molar-refractivity contribution < 1.29 is 29.6 Å². The van der Waals surface area contributed by atoms with Crippen molar-refractivity contribution in [1.29, 1.82) is 0 Å². The highest BCUT2D eigenvalue weighted by atomic mass is 16.7. The summed E-state index contributed by atoms with van der Waals surface area (Å²) in [6.07, 6.45) is 14.7. The predicted octanol–water partition coefficient (Wildman–Crippen LogP) is 4.23. The van der Waals surface area contributed by atoms with Crippen LogP contribution in [0.2, 0.25) is 0 Å². The largest absolute Gasteiger partial charge is 0.433 e. The molecule has 0 aromatic heterocycles. The van der Waals surface area contributed by atoms with Crippen molar-refractivity contribution in [3.05, 3.63) is 0 Å². The fourth-order valence-electron chi connectivity index (χ4n) is 3.79. The third-order valence-corrected chi connectivity index (χ3v) is 5.73. The number of carbonyl (C=O) groups is 1. The van der Waals surface area contributed by atoms with E-state index in [1.165, 1.54) is 77.0 Å². The Hall–Kier alpha value is -0.690. The third kappa shape index (κ3) is 11.9. The lowest BCUT2D eigenvalue weighted by molar-refractivity contribution is -0.190. The van der Waals surface area contributed by atoms with Crippen molar-refractivity contribution in [2.45, 2.75) is 134 Å². The van der Waals surface area contributed by atoms with Crippen molar-refractivity contribution in [3.63, 3.8) is 0 Å². The molecule has 29 heavy (non-hydrogen) atoms. The van der Waals surface area contributed by atoms with Gasteiger partial charge in [-0.2, -0.15) is 0 Å². The molecule has 0 aromatic rings. The number of aliphatic hydroxyl groups is 3. The Morgan fingerprint density at radius 2 is 1.21 bits per heavy atom. The van der Waals surface area contributed by atoms with Crippen LogP contribution in [-0.2, 0) is 14.3 Å². The topological polar surface area (TPSA) is 96.2 Å². The van der Waals surface area contributed by atoms with E-state index in [1.54, 1.807) is 0 Å². The van der Waals surface area contributed by atoms with Crippen molar-refractivity contribution in [2.75, 3.05) is 6.61 Å². The molecule has 1 saturated heterocycles. The lowest BCUT2D eigenvalue weighted by Crippen LogP contribution is -2.35. The number of carbonyl (C=O) groups excluding carboxylic acids is 1. The third-order valence-electron chi connectivity index (χ3n) is 5.73. The highest BCUT2D eigenvalue weighted by Crippen LogP contribution is 2.22. The molecule has 1 fully saturated rings. The summed E-state index contributed by atoms with van der Waals surface area (Å²) in [5.41, 5.74) is 0. The van der Waals surface area contributed by atoms with E-state index >= 15 is 0 Å². The molecule has 172 valence electrons. The summed E-state index contributed by atoms with van der Waals surface area (Å²) in [6, 6.07) is 0. The molecule has 3 N–H and O–H groups in total. The van der Waals surface area contributed by atoms with Gasteiger partial charge in [-0.3, -0.25) is 4.79 Å². The summed E-state index contributed by atoms with van der Waals surface area (Å²) in [5, 5.41) is 28.4. The van der Waals surface area contributed by atoms with Crippen molar-refractivity contribution >= 4 is 5.97 Å². The van der Waals surface area contributed by atoms with Crippen LogP contribution in [0.3, 0.4) is 0 Å². The Morgan fingerprint density at radius 1 is 0.759 bits per heavy atom. The summed E-state index contributed by atoms with van der Waals surface area (Å²) in [7, 11) is 0. The van der Waals surface area contributed by atoms with Gasteiger partial charge in [0, 0.05) is 6.42 Å². The maximum absolute atomic E-state index is 11.8. The molecule has 6 nitrogen and oxygen atoms in total. The summed E-state index contributed by atoms with van der Waals surface area (Å²) in [4.78, 5) is 11.8. The molecular formula is C23H44O6. The zero-order chi connectivity index (χ0) is 21.3. The van der Waals surface area contributed by atoms with E-state index in [-0.39, 0.29) is 6.42 Å². The molecule has 1 heterocycles. The Morgan fingerprint density at radius 3 is 1.62 bits per heavy atom. The molecule has 6 heteroatoms. The molecule has 0 aliphatic carbocycles. The van der Waals surface area contributed by atoms with Crippen molar-refractivity contribution in [3.8, 4) is 0 Å². The summed E-state index contributed by atoms with van der Waals surface area (Å²) < 4.78 is 10.2. The number of esters is 1. The first-order valence-corrected chi connectivity index (χ1v) is 11.9. The van der Waals surface area contributed by atoms with E-state index in [0.717, 1.165) is 19.3 Å². The zero-order valence-electron chi connectivity index (χ0n) is 18.4. The number of rotatable bonds is 18. The monoisotopic (exact) mass is 416 g/mol. The quantitative estimate of drug-likeness (QED) is 0.229. The van der Waals surface area contributed by atoms with Crippen LogP contribution in [0.4, 0.5) is 0 Å². The van der Waals surface area contributed by atoms with E-state index < -0.39 is 37.2 Å². The first kappa shape index (κ1) is 26.3. The lowest BCUT2D eigenvalue weighted by Gasteiger charge is -2.15. The van der Waals surface area contributed by atoms with Gasteiger partial charge in [0.15, 0.2) is 0 Å². The fraction of sp³-hybridized carbons (Fsp3) is 0.957. The maximum atomic E-state index is 11.8. The van der Waals surface area contributed by atoms with E-state index in [4.69, 9.17) is 14.6 Å². The van der Waals surface area contributed by atoms with Crippen LogP contribution in [0.15, 0.2) is 0 Å². The average Bonchev–Trinajstić information content (AvgIpc) is 2.98. The molecule has 0 aromatic carbocycles. The van der Waals surface area contributed by atoms with Crippen LogP contribution in [0.5, 0.6) is 0 Å². The molecule has 1 aliphatic rings. The molecule has 4 atom stereocenters. The van der Waals surface area contributed by atoms with Crippen LogP contribution < -0.4 is 0 Å². The molecular weight excluding hydrogens is 372 g/mol. The molecule has 1 unspecified atom stereocenters. The second-order valence-electron chi connectivity index (χ2n) is 8.40. The first-order valence-electron chi connectivity index (χ1n) is 11.9. The molecule has 1 rings (SSSR count). The van der Waals surface area contributed by atoms with Crippen LogP contribution in [0.1, 0.15) is 110 Å². The van der Waals surface area contributed by atoms with E-state index in [9.17, 15) is 15.0 Å². The van der Waals surface area contributed by atoms with Crippen LogP contribution in [-0.4, -0.2) is 52.5 Å². The van der Waals surface area contributed by atoms with Crippen LogP contribution in [0.25, 0.3) is 0 Å². The van der Waals surface area contributed by atoms with Crippen LogP contribution >= 0.6 is 0 Å². The Bertz CT molecular complexity index is 403. The number of hydrogen-bond donors (Lipinski definition) is 3. The minimum Gasteiger partial charge on any atom is -0.433 e. The number of aliphatic hydroxyl groups excluding tert-OH is 3. The standard InChI is InChI=1S/C23H44O6/c1-2-3-4-5-6-7-8-9-10-11-12-13-14-15-16-17-20(25)29-23-22(27)21(26)19(18-24)28-23/h19,21-24,26-27H,2-18H2,1H3/t19-,21-,22-,23?/m1/s1. The smallest absolute Gasteiger partial charge is 0.308 e. The Kier molecular flexibility index (Phi) is 15.5. The minimum absolute atomic E-state index is 0.282. The van der Waals surface area contributed by atoms with Crippen molar-refractivity contribution in [1.82, 2.24) is 0 Å². The Labute approximate surface area is 177 Å². The van der Waals surface area contributed by atoms with Gasteiger partial charge in [-0.1, -0.05) is 96.8 Å². The lowest BCUT2D eigenvalue weighted by atomic mass is 10.0. The van der Waals surface area contributed by atoms with E-state index in [0.29, 0.717) is 0 Å². The van der Waals surface area contributed by atoms with Gasteiger partial charge in [0.2, 0.25) is 6.29 Å². The average molecular weight is 417 g/mol. The van der Waals surface area contributed by atoms with Gasteiger partial charge in [0.25, 0.3) is 0 Å². The van der Waals surface area contributed by atoms with E-state index in [2.05, 4.69) is 6.92 Å². The number of hydrogen-bond acceptors (Lipinski definition) is 6. The highest BCUT2D eigenvalue weighted by Gasteiger charge is 2.44. The number of ether oxygens (including phenoxy) is 2. The van der Waals surface area contributed by atoms with Crippen molar-refractivity contribution in [2.24, 2.45) is 0 Å².